The number of hydrogen-bond donors (Lipinski definition) is 2. The fourth-order valence-electron chi connectivity index (χ4n) is 2.93. The number of amides is 1. The van der Waals surface area contributed by atoms with Crippen LogP contribution in [-0.4, -0.2) is 28.5 Å². The Kier molecular flexibility index (Phi) is 5.70. The van der Waals surface area contributed by atoms with Crippen molar-refractivity contribution in [1.29, 1.82) is 0 Å². The summed E-state index contributed by atoms with van der Waals surface area (Å²) in [6.07, 6.45) is 0. The van der Waals surface area contributed by atoms with E-state index < -0.39 is 18.5 Å². The lowest BCUT2D eigenvalue weighted by atomic mass is 10.1. The van der Waals surface area contributed by atoms with Crippen molar-refractivity contribution < 1.29 is 14.3 Å². The van der Waals surface area contributed by atoms with Gasteiger partial charge in [0.1, 0.15) is 5.82 Å². The predicted molar refractivity (Wildman–Crippen MR) is 117 cm³/mol. The molecule has 0 radical (unpaired) electrons. The van der Waals surface area contributed by atoms with Gasteiger partial charge in [0.2, 0.25) is 0 Å². The molecule has 0 aliphatic rings. The quantitative estimate of drug-likeness (QED) is 0.411. The summed E-state index contributed by atoms with van der Waals surface area (Å²) >= 11 is 11.8. The van der Waals surface area contributed by atoms with Gasteiger partial charge in [-0.15, -0.1) is 0 Å². The fourth-order valence-corrected chi connectivity index (χ4v) is 3.23. The minimum Gasteiger partial charge on any atom is -0.452 e. The average molecular weight is 440 g/mol. The Morgan fingerprint density at radius 2 is 1.73 bits per heavy atom. The van der Waals surface area contributed by atoms with Crippen LogP contribution in [0.1, 0.15) is 10.4 Å². The van der Waals surface area contributed by atoms with Gasteiger partial charge in [0, 0.05) is 11.3 Å². The summed E-state index contributed by atoms with van der Waals surface area (Å²) in [5.41, 5.74) is 2.99. The molecule has 0 atom stereocenters. The molecule has 0 fully saturated rings. The molecule has 0 bridgehead atoms. The maximum Gasteiger partial charge on any atom is 0.339 e. The van der Waals surface area contributed by atoms with Crippen LogP contribution in [0.15, 0.2) is 66.7 Å². The number of rotatable bonds is 5. The molecule has 1 amide bonds. The second-order valence-corrected chi connectivity index (χ2v) is 7.22. The highest BCUT2D eigenvalue weighted by molar-refractivity contribution is 6.42. The zero-order valence-electron chi connectivity index (χ0n) is 15.5. The molecular weight excluding hydrogens is 425 g/mol. The second kappa shape index (κ2) is 8.57. The van der Waals surface area contributed by atoms with Crippen molar-refractivity contribution in [3.05, 3.63) is 82.3 Å². The van der Waals surface area contributed by atoms with E-state index >= 15 is 0 Å². The summed E-state index contributed by atoms with van der Waals surface area (Å²) in [7, 11) is 0. The van der Waals surface area contributed by atoms with Gasteiger partial charge in [-0.3, -0.25) is 4.79 Å². The highest BCUT2D eigenvalue weighted by atomic mass is 35.5. The van der Waals surface area contributed by atoms with Gasteiger partial charge in [-0.1, -0.05) is 53.5 Å². The molecule has 1 heterocycles. The molecule has 0 aliphatic carbocycles. The summed E-state index contributed by atoms with van der Waals surface area (Å²) in [5, 5.41) is 3.29. The van der Waals surface area contributed by atoms with Crippen LogP contribution >= 0.6 is 23.2 Å². The Bertz CT molecular complexity index is 1220. The van der Waals surface area contributed by atoms with Crippen LogP contribution in [0.5, 0.6) is 0 Å². The summed E-state index contributed by atoms with van der Waals surface area (Å²) in [6.45, 7) is -0.451. The maximum absolute atomic E-state index is 12.6. The predicted octanol–water partition coefficient (Wildman–Crippen LogP) is 5.33. The molecule has 4 aromatic rings. The standard InChI is InChI=1S/C22H15Cl2N3O3/c23-16-10-9-13(11-17(16)24)25-20(28)12-30-22(29)15-6-2-1-5-14(15)21-26-18-7-3-4-8-19(18)27-21/h1-11H,12H2,(H,25,28)(H,26,27). The SMILES string of the molecule is O=C(COC(=O)c1ccccc1-c1nc2ccccc2[nH]1)Nc1ccc(Cl)c(Cl)c1. The van der Waals surface area contributed by atoms with Crippen LogP contribution in [-0.2, 0) is 9.53 Å². The number of carbonyl (C=O) groups excluding carboxylic acids is 2. The van der Waals surface area contributed by atoms with E-state index in [0.717, 1.165) is 11.0 Å². The molecular formula is C22H15Cl2N3O3. The number of nitrogens with one attached hydrogen (secondary N) is 2. The van der Waals surface area contributed by atoms with Crippen LogP contribution in [0.4, 0.5) is 5.69 Å². The largest absolute Gasteiger partial charge is 0.452 e. The van der Waals surface area contributed by atoms with Gasteiger partial charge in [0.15, 0.2) is 6.61 Å². The van der Waals surface area contributed by atoms with Crippen molar-refractivity contribution in [2.45, 2.75) is 0 Å². The number of esters is 1. The third-order valence-electron chi connectivity index (χ3n) is 4.33. The van der Waals surface area contributed by atoms with Crippen molar-refractivity contribution in [1.82, 2.24) is 9.97 Å². The van der Waals surface area contributed by atoms with Crippen molar-refractivity contribution in [2.75, 3.05) is 11.9 Å². The second-order valence-electron chi connectivity index (χ2n) is 6.40. The monoisotopic (exact) mass is 439 g/mol. The Morgan fingerprint density at radius 1 is 0.967 bits per heavy atom. The normalized spacial score (nSPS) is 10.7. The number of anilines is 1. The van der Waals surface area contributed by atoms with E-state index in [1.54, 1.807) is 36.4 Å². The molecule has 4 rings (SSSR count). The molecule has 0 aliphatic heterocycles. The minimum atomic E-state index is -0.629. The lowest BCUT2D eigenvalue weighted by molar-refractivity contribution is -0.119. The number of para-hydroxylation sites is 2. The lowest BCUT2D eigenvalue weighted by Crippen LogP contribution is -2.21. The number of halogens is 2. The molecule has 0 saturated carbocycles. The summed E-state index contributed by atoms with van der Waals surface area (Å²) in [4.78, 5) is 32.5. The Labute approximate surface area is 181 Å². The number of hydrogen-bond acceptors (Lipinski definition) is 4. The first-order valence-corrected chi connectivity index (χ1v) is 9.73. The number of ether oxygens (including phenoxy) is 1. The minimum absolute atomic E-state index is 0.305. The van der Waals surface area contributed by atoms with E-state index in [1.165, 1.54) is 6.07 Å². The molecule has 2 N–H and O–H groups in total. The van der Waals surface area contributed by atoms with E-state index in [0.29, 0.717) is 32.7 Å². The Morgan fingerprint density at radius 3 is 2.53 bits per heavy atom. The molecule has 3 aromatic carbocycles. The van der Waals surface area contributed by atoms with Gasteiger partial charge in [-0.2, -0.15) is 0 Å². The average Bonchev–Trinajstić information content (AvgIpc) is 3.19. The summed E-state index contributed by atoms with van der Waals surface area (Å²) in [5.74, 6) is -0.581. The van der Waals surface area contributed by atoms with Crippen molar-refractivity contribution >= 4 is 51.8 Å². The number of H-pyrrole nitrogens is 1. The molecule has 150 valence electrons. The van der Waals surface area contributed by atoms with Gasteiger partial charge < -0.3 is 15.0 Å². The number of fused-ring (bicyclic) bond motifs is 1. The summed E-state index contributed by atoms with van der Waals surface area (Å²) in [6, 6.07) is 19.2. The molecule has 30 heavy (non-hydrogen) atoms. The third-order valence-corrected chi connectivity index (χ3v) is 5.07. The number of nitrogens with zero attached hydrogens (tertiary/aromatic N) is 1. The third kappa shape index (κ3) is 4.30. The topological polar surface area (TPSA) is 84.1 Å². The molecule has 8 heteroatoms. The number of aromatic amines is 1. The first-order chi connectivity index (χ1) is 14.5. The highest BCUT2D eigenvalue weighted by Gasteiger charge is 2.17. The number of carbonyl (C=O) groups is 2. The van der Waals surface area contributed by atoms with E-state index in [4.69, 9.17) is 27.9 Å². The number of aromatic nitrogens is 2. The van der Waals surface area contributed by atoms with Crippen LogP contribution < -0.4 is 5.32 Å². The number of imidazole rings is 1. The molecule has 6 nitrogen and oxygen atoms in total. The van der Waals surface area contributed by atoms with Gasteiger partial charge in [-0.05, 0) is 36.4 Å². The Hall–Kier alpha value is -3.35. The maximum atomic E-state index is 12.6. The molecule has 1 aromatic heterocycles. The first kappa shape index (κ1) is 19.9. The first-order valence-electron chi connectivity index (χ1n) is 8.97. The fraction of sp³-hybridized carbons (Fsp3) is 0.0455. The van der Waals surface area contributed by atoms with E-state index in [2.05, 4.69) is 15.3 Å². The Balaban J connectivity index is 1.47. The van der Waals surface area contributed by atoms with Crippen LogP contribution in [0.25, 0.3) is 22.4 Å². The van der Waals surface area contributed by atoms with Gasteiger partial charge in [0.05, 0.1) is 26.6 Å². The van der Waals surface area contributed by atoms with Crippen molar-refractivity contribution in [3.8, 4) is 11.4 Å². The highest BCUT2D eigenvalue weighted by Crippen LogP contribution is 2.26. The molecule has 0 saturated heterocycles. The van der Waals surface area contributed by atoms with Gasteiger partial charge >= 0.3 is 5.97 Å². The smallest absolute Gasteiger partial charge is 0.339 e. The molecule has 0 spiro atoms. The zero-order valence-corrected chi connectivity index (χ0v) is 17.0. The van der Waals surface area contributed by atoms with E-state index in [-0.39, 0.29) is 0 Å². The van der Waals surface area contributed by atoms with E-state index in [9.17, 15) is 9.59 Å². The number of benzene rings is 3. The summed E-state index contributed by atoms with van der Waals surface area (Å²) < 4.78 is 5.20. The van der Waals surface area contributed by atoms with Crippen LogP contribution in [0.3, 0.4) is 0 Å². The zero-order chi connectivity index (χ0) is 21.1. The van der Waals surface area contributed by atoms with Crippen LogP contribution in [0.2, 0.25) is 10.0 Å². The van der Waals surface area contributed by atoms with Crippen molar-refractivity contribution in [3.63, 3.8) is 0 Å². The molecule has 0 unspecified atom stereocenters. The van der Waals surface area contributed by atoms with Gasteiger partial charge in [-0.25, -0.2) is 9.78 Å². The lowest BCUT2D eigenvalue weighted by Gasteiger charge is -2.09. The van der Waals surface area contributed by atoms with Gasteiger partial charge in [0.25, 0.3) is 5.91 Å². The van der Waals surface area contributed by atoms with Crippen molar-refractivity contribution in [2.24, 2.45) is 0 Å². The van der Waals surface area contributed by atoms with Crippen LogP contribution in [0, 0.1) is 0 Å². The van der Waals surface area contributed by atoms with E-state index in [1.807, 2.05) is 24.3 Å².